The van der Waals surface area contributed by atoms with Gasteiger partial charge in [0, 0.05) is 13.1 Å². The van der Waals surface area contributed by atoms with Crippen LogP contribution < -0.4 is 5.32 Å². The van der Waals surface area contributed by atoms with Gasteiger partial charge in [0.15, 0.2) is 0 Å². The lowest BCUT2D eigenvalue weighted by atomic mass is 10.1. The molecule has 0 radical (unpaired) electrons. The summed E-state index contributed by atoms with van der Waals surface area (Å²) in [5.74, 6) is 0. The van der Waals surface area contributed by atoms with Crippen molar-refractivity contribution in [2.45, 2.75) is 26.0 Å². The second kappa shape index (κ2) is 4.86. The van der Waals surface area contributed by atoms with Crippen LogP contribution in [0.15, 0.2) is 42.5 Å². The van der Waals surface area contributed by atoms with E-state index in [-0.39, 0.29) is 0 Å². The molecule has 2 aromatic rings. The molecule has 0 atom stereocenters. The SMILES string of the molecule is CC(C)(O)CNCc1ccc2ccccc2c1. The molecule has 2 aromatic carbocycles. The van der Waals surface area contributed by atoms with Gasteiger partial charge in [-0.15, -0.1) is 0 Å². The molecule has 17 heavy (non-hydrogen) atoms. The van der Waals surface area contributed by atoms with Crippen LogP contribution >= 0.6 is 0 Å². The zero-order valence-electron chi connectivity index (χ0n) is 10.4. The maximum atomic E-state index is 9.60. The fourth-order valence-corrected chi connectivity index (χ4v) is 1.86. The Hall–Kier alpha value is -1.38. The molecule has 0 spiro atoms. The van der Waals surface area contributed by atoms with Gasteiger partial charge in [-0.1, -0.05) is 36.4 Å². The first kappa shape index (κ1) is 12.1. The van der Waals surface area contributed by atoms with Gasteiger partial charge in [-0.05, 0) is 36.2 Å². The highest BCUT2D eigenvalue weighted by Crippen LogP contribution is 2.15. The van der Waals surface area contributed by atoms with E-state index >= 15 is 0 Å². The smallest absolute Gasteiger partial charge is 0.0715 e. The van der Waals surface area contributed by atoms with Crippen LogP contribution in [0.3, 0.4) is 0 Å². The van der Waals surface area contributed by atoms with Crippen molar-refractivity contribution in [2.75, 3.05) is 6.54 Å². The molecule has 0 aliphatic carbocycles. The average Bonchev–Trinajstić information content (AvgIpc) is 2.27. The third kappa shape index (κ3) is 3.55. The quantitative estimate of drug-likeness (QED) is 0.845. The van der Waals surface area contributed by atoms with Gasteiger partial charge in [0.1, 0.15) is 0 Å². The van der Waals surface area contributed by atoms with Crippen LogP contribution in [0.25, 0.3) is 10.8 Å². The Morgan fingerprint density at radius 3 is 2.47 bits per heavy atom. The normalized spacial score (nSPS) is 11.9. The Morgan fingerprint density at radius 1 is 1.06 bits per heavy atom. The number of hydrogen-bond donors (Lipinski definition) is 2. The number of nitrogens with one attached hydrogen (secondary N) is 1. The van der Waals surface area contributed by atoms with Gasteiger partial charge >= 0.3 is 0 Å². The molecule has 2 rings (SSSR count). The Labute approximate surface area is 102 Å². The largest absolute Gasteiger partial charge is 0.389 e. The Kier molecular flexibility index (Phi) is 3.46. The van der Waals surface area contributed by atoms with E-state index < -0.39 is 5.60 Å². The third-order valence-electron chi connectivity index (χ3n) is 2.70. The predicted molar refractivity (Wildman–Crippen MR) is 72.0 cm³/mol. The second-order valence-corrected chi connectivity index (χ2v) is 5.10. The molecule has 0 aromatic heterocycles. The van der Waals surface area contributed by atoms with E-state index in [1.54, 1.807) is 13.8 Å². The van der Waals surface area contributed by atoms with E-state index in [0.29, 0.717) is 6.54 Å². The van der Waals surface area contributed by atoms with Crippen molar-refractivity contribution in [1.82, 2.24) is 5.32 Å². The monoisotopic (exact) mass is 229 g/mol. The Bertz CT molecular complexity index is 499. The molecule has 2 heteroatoms. The predicted octanol–water partition coefficient (Wildman–Crippen LogP) is 2.70. The van der Waals surface area contributed by atoms with Crippen LogP contribution in [0, 0.1) is 0 Å². The zero-order chi connectivity index (χ0) is 12.3. The number of benzene rings is 2. The van der Waals surface area contributed by atoms with Gasteiger partial charge < -0.3 is 10.4 Å². The summed E-state index contributed by atoms with van der Waals surface area (Å²) in [6.45, 7) is 5.00. The molecular weight excluding hydrogens is 210 g/mol. The van der Waals surface area contributed by atoms with Gasteiger partial charge in [-0.3, -0.25) is 0 Å². The molecule has 0 bridgehead atoms. The zero-order valence-corrected chi connectivity index (χ0v) is 10.4. The second-order valence-electron chi connectivity index (χ2n) is 5.10. The third-order valence-corrected chi connectivity index (χ3v) is 2.70. The molecule has 0 heterocycles. The molecule has 0 saturated carbocycles. The maximum absolute atomic E-state index is 9.60. The minimum absolute atomic E-state index is 0.597. The maximum Gasteiger partial charge on any atom is 0.0715 e. The fraction of sp³-hybridized carbons (Fsp3) is 0.333. The minimum atomic E-state index is -0.656. The lowest BCUT2D eigenvalue weighted by Gasteiger charge is -2.17. The number of rotatable bonds is 4. The number of hydrogen-bond acceptors (Lipinski definition) is 2. The fourth-order valence-electron chi connectivity index (χ4n) is 1.86. The summed E-state index contributed by atoms with van der Waals surface area (Å²) in [5.41, 5.74) is 0.588. The molecule has 90 valence electrons. The molecule has 0 aliphatic heterocycles. The first-order valence-electron chi connectivity index (χ1n) is 5.95. The molecule has 2 N–H and O–H groups in total. The van der Waals surface area contributed by atoms with Crippen molar-refractivity contribution >= 4 is 10.8 Å². The summed E-state index contributed by atoms with van der Waals surface area (Å²) in [7, 11) is 0. The summed E-state index contributed by atoms with van der Waals surface area (Å²) < 4.78 is 0. The summed E-state index contributed by atoms with van der Waals surface area (Å²) in [6.07, 6.45) is 0. The molecule has 0 amide bonds. The first-order valence-corrected chi connectivity index (χ1v) is 5.95. The first-order chi connectivity index (χ1) is 8.04. The van der Waals surface area contributed by atoms with Crippen LogP contribution in [0.5, 0.6) is 0 Å². The van der Waals surface area contributed by atoms with Crippen molar-refractivity contribution in [3.05, 3.63) is 48.0 Å². The Morgan fingerprint density at radius 2 is 1.76 bits per heavy atom. The summed E-state index contributed by atoms with van der Waals surface area (Å²) >= 11 is 0. The summed E-state index contributed by atoms with van der Waals surface area (Å²) in [6, 6.07) is 14.8. The van der Waals surface area contributed by atoms with Gasteiger partial charge in [0.05, 0.1) is 5.60 Å². The lowest BCUT2D eigenvalue weighted by molar-refractivity contribution is 0.0795. The van der Waals surface area contributed by atoms with E-state index in [1.165, 1.54) is 16.3 Å². The topological polar surface area (TPSA) is 32.3 Å². The average molecular weight is 229 g/mol. The van der Waals surface area contributed by atoms with Crippen molar-refractivity contribution in [1.29, 1.82) is 0 Å². The lowest BCUT2D eigenvalue weighted by Crippen LogP contribution is -2.34. The summed E-state index contributed by atoms with van der Waals surface area (Å²) in [4.78, 5) is 0. The summed E-state index contributed by atoms with van der Waals surface area (Å²) in [5, 5.41) is 15.4. The molecule has 2 nitrogen and oxygen atoms in total. The number of aliphatic hydroxyl groups is 1. The van der Waals surface area contributed by atoms with Gasteiger partial charge in [0.25, 0.3) is 0 Å². The number of fused-ring (bicyclic) bond motifs is 1. The highest BCUT2D eigenvalue weighted by Gasteiger charge is 2.10. The van der Waals surface area contributed by atoms with Gasteiger partial charge in [-0.2, -0.15) is 0 Å². The van der Waals surface area contributed by atoms with E-state index in [2.05, 4.69) is 47.8 Å². The van der Waals surface area contributed by atoms with E-state index in [1.807, 2.05) is 0 Å². The highest BCUT2D eigenvalue weighted by atomic mass is 16.3. The van der Waals surface area contributed by atoms with Crippen LogP contribution in [0.2, 0.25) is 0 Å². The standard InChI is InChI=1S/C15H19NO/c1-15(2,17)11-16-10-12-7-8-13-5-3-4-6-14(13)9-12/h3-9,16-17H,10-11H2,1-2H3. The van der Waals surface area contributed by atoms with Crippen LogP contribution in [0.1, 0.15) is 19.4 Å². The highest BCUT2D eigenvalue weighted by molar-refractivity contribution is 5.82. The molecule has 0 fully saturated rings. The van der Waals surface area contributed by atoms with E-state index in [4.69, 9.17) is 0 Å². The van der Waals surface area contributed by atoms with Gasteiger partial charge in [0.2, 0.25) is 0 Å². The van der Waals surface area contributed by atoms with Crippen molar-refractivity contribution in [3.63, 3.8) is 0 Å². The van der Waals surface area contributed by atoms with Gasteiger partial charge in [-0.25, -0.2) is 0 Å². The van der Waals surface area contributed by atoms with Crippen LogP contribution in [-0.2, 0) is 6.54 Å². The van der Waals surface area contributed by atoms with Crippen LogP contribution in [0.4, 0.5) is 0 Å². The van der Waals surface area contributed by atoms with E-state index in [0.717, 1.165) is 6.54 Å². The molecular formula is C15H19NO. The van der Waals surface area contributed by atoms with Crippen LogP contribution in [-0.4, -0.2) is 17.3 Å². The minimum Gasteiger partial charge on any atom is -0.389 e. The van der Waals surface area contributed by atoms with Crippen molar-refractivity contribution in [2.24, 2.45) is 0 Å². The van der Waals surface area contributed by atoms with E-state index in [9.17, 15) is 5.11 Å². The molecule has 0 aliphatic rings. The van der Waals surface area contributed by atoms with Crippen molar-refractivity contribution in [3.8, 4) is 0 Å². The molecule has 0 saturated heterocycles. The van der Waals surface area contributed by atoms with Crippen molar-refractivity contribution < 1.29 is 5.11 Å². The Balaban J connectivity index is 2.04. The molecule has 0 unspecified atom stereocenters.